The van der Waals surface area contributed by atoms with Crippen molar-refractivity contribution in [2.45, 2.75) is 38.5 Å². The average molecular weight is 354 g/mol. The molecule has 0 bridgehead atoms. The first-order valence-electron chi connectivity index (χ1n) is 8.75. The Kier molecular flexibility index (Phi) is 5.30. The Morgan fingerprint density at radius 3 is 2.88 bits per heavy atom. The van der Waals surface area contributed by atoms with Gasteiger partial charge in [0, 0.05) is 37.3 Å². The number of hydrogen-bond acceptors (Lipinski definition) is 4. The lowest BCUT2D eigenvalue weighted by Crippen LogP contribution is -2.45. The molecule has 0 saturated carbocycles. The first kappa shape index (κ1) is 18.0. The van der Waals surface area contributed by atoms with E-state index in [9.17, 15) is 0 Å². The van der Waals surface area contributed by atoms with Crippen LogP contribution in [-0.4, -0.2) is 30.7 Å². The number of aliphatic imine (C=N–C) groups is 1. The van der Waals surface area contributed by atoms with Crippen molar-refractivity contribution in [2.75, 3.05) is 14.2 Å². The summed E-state index contributed by atoms with van der Waals surface area (Å²) < 4.78 is 11.4. The van der Waals surface area contributed by atoms with E-state index in [1.165, 1.54) is 0 Å². The van der Waals surface area contributed by atoms with Gasteiger partial charge in [-0.3, -0.25) is 4.99 Å². The van der Waals surface area contributed by atoms with E-state index < -0.39 is 0 Å². The molecule has 2 N–H and O–H groups in total. The molecule has 138 valence electrons. The summed E-state index contributed by atoms with van der Waals surface area (Å²) in [5.74, 6) is 2.27. The third kappa shape index (κ3) is 4.07. The maximum atomic E-state index is 6.10. The van der Waals surface area contributed by atoms with Gasteiger partial charge in [-0.1, -0.05) is 24.3 Å². The molecule has 0 fully saturated rings. The van der Waals surface area contributed by atoms with Crippen LogP contribution >= 0.6 is 0 Å². The average Bonchev–Trinajstić information content (AvgIpc) is 2.64. The lowest BCUT2D eigenvalue weighted by Gasteiger charge is -2.38. The molecule has 6 nitrogen and oxygen atoms in total. The zero-order valence-corrected chi connectivity index (χ0v) is 15.7. The summed E-state index contributed by atoms with van der Waals surface area (Å²) in [6.45, 7) is 4.79. The van der Waals surface area contributed by atoms with Gasteiger partial charge >= 0.3 is 0 Å². The Balaban J connectivity index is 1.72. The van der Waals surface area contributed by atoms with Gasteiger partial charge in [0.05, 0.1) is 13.2 Å². The van der Waals surface area contributed by atoms with Crippen LogP contribution in [0.4, 0.5) is 0 Å². The number of fused-ring (bicyclic) bond motifs is 1. The molecule has 2 aromatic rings. The van der Waals surface area contributed by atoms with Crippen molar-refractivity contribution in [3.63, 3.8) is 0 Å². The number of guanidine groups is 1. The standard InChI is InChI=1S/C20H26N4O2/c1-20(2)12-16(15-9-5-6-10-17(15)26-20)24-19(21-3)23-13-14-8-7-11-22-18(14)25-4/h5-11,16H,12-13H2,1-4H3,(H2,21,23,24). The zero-order valence-electron chi connectivity index (χ0n) is 15.7. The van der Waals surface area contributed by atoms with E-state index in [2.05, 4.69) is 40.5 Å². The van der Waals surface area contributed by atoms with E-state index in [-0.39, 0.29) is 11.6 Å². The Bertz CT molecular complexity index is 789. The molecule has 1 atom stereocenters. The third-order valence-corrected chi connectivity index (χ3v) is 4.40. The van der Waals surface area contributed by atoms with Gasteiger partial charge in [0.25, 0.3) is 0 Å². The van der Waals surface area contributed by atoms with Crippen molar-refractivity contribution in [3.8, 4) is 11.6 Å². The summed E-state index contributed by atoms with van der Waals surface area (Å²) in [6.07, 6.45) is 2.57. The van der Waals surface area contributed by atoms with Crippen LogP contribution in [-0.2, 0) is 6.54 Å². The number of hydrogen-bond donors (Lipinski definition) is 2. The maximum Gasteiger partial charge on any atom is 0.218 e. The molecular formula is C20H26N4O2. The van der Waals surface area contributed by atoms with Crippen molar-refractivity contribution < 1.29 is 9.47 Å². The van der Waals surface area contributed by atoms with E-state index >= 15 is 0 Å². The molecule has 1 aromatic heterocycles. The minimum Gasteiger partial charge on any atom is -0.487 e. The molecule has 1 unspecified atom stereocenters. The van der Waals surface area contributed by atoms with Crippen LogP contribution in [0.15, 0.2) is 47.6 Å². The van der Waals surface area contributed by atoms with Gasteiger partial charge in [0.15, 0.2) is 5.96 Å². The molecule has 6 heteroatoms. The van der Waals surface area contributed by atoms with E-state index in [1.54, 1.807) is 20.4 Å². The molecule has 1 aromatic carbocycles. The highest BCUT2D eigenvalue weighted by atomic mass is 16.5. The third-order valence-electron chi connectivity index (χ3n) is 4.40. The van der Waals surface area contributed by atoms with Crippen molar-refractivity contribution in [1.82, 2.24) is 15.6 Å². The largest absolute Gasteiger partial charge is 0.487 e. The molecule has 2 heterocycles. The van der Waals surface area contributed by atoms with Crippen LogP contribution in [0.3, 0.4) is 0 Å². The fourth-order valence-corrected chi connectivity index (χ4v) is 3.21. The zero-order chi connectivity index (χ0) is 18.6. The molecule has 0 amide bonds. The molecular weight excluding hydrogens is 328 g/mol. The van der Waals surface area contributed by atoms with Gasteiger partial charge in [0.1, 0.15) is 11.4 Å². The smallest absolute Gasteiger partial charge is 0.218 e. The summed E-state index contributed by atoms with van der Waals surface area (Å²) in [5.41, 5.74) is 1.89. The van der Waals surface area contributed by atoms with E-state index in [4.69, 9.17) is 9.47 Å². The molecule has 0 spiro atoms. The quantitative estimate of drug-likeness (QED) is 0.652. The number of aromatic nitrogens is 1. The Labute approximate surface area is 154 Å². The molecule has 0 aliphatic carbocycles. The van der Waals surface area contributed by atoms with Crippen LogP contribution in [0.25, 0.3) is 0 Å². The van der Waals surface area contributed by atoms with Crippen LogP contribution in [0.5, 0.6) is 11.6 Å². The molecule has 1 aliphatic heterocycles. The number of rotatable bonds is 4. The highest BCUT2D eigenvalue weighted by Crippen LogP contribution is 2.39. The molecule has 3 rings (SSSR count). The van der Waals surface area contributed by atoms with Crippen molar-refractivity contribution >= 4 is 5.96 Å². The summed E-state index contributed by atoms with van der Waals surface area (Å²) in [5, 5.41) is 6.87. The SMILES string of the molecule is CN=C(NCc1cccnc1OC)NC1CC(C)(C)Oc2ccccc21. The predicted molar refractivity (Wildman–Crippen MR) is 103 cm³/mol. The number of para-hydroxylation sites is 1. The first-order chi connectivity index (χ1) is 12.5. The minimum absolute atomic E-state index is 0.122. The van der Waals surface area contributed by atoms with Crippen LogP contribution in [0.2, 0.25) is 0 Å². The van der Waals surface area contributed by atoms with Gasteiger partial charge in [-0.25, -0.2) is 4.98 Å². The number of benzene rings is 1. The lowest BCUT2D eigenvalue weighted by molar-refractivity contribution is 0.0694. The number of nitrogens with one attached hydrogen (secondary N) is 2. The fraction of sp³-hybridized carbons (Fsp3) is 0.400. The van der Waals surface area contributed by atoms with E-state index in [0.29, 0.717) is 12.4 Å². The van der Waals surface area contributed by atoms with E-state index in [1.807, 2.05) is 30.3 Å². The number of methoxy groups -OCH3 is 1. The summed E-state index contributed by atoms with van der Waals surface area (Å²) in [6, 6.07) is 12.1. The Hall–Kier alpha value is -2.76. The van der Waals surface area contributed by atoms with Gasteiger partial charge in [-0.15, -0.1) is 0 Å². The topological polar surface area (TPSA) is 67.8 Å². The van der Waals surface area contributed by atoms with Gasteiger partial charge in [-0.05, 0) is 26.0 Å². The second-order valence-electron chi connectivity index (χ2n) is 6.90. The normalized spacial score (nSPS) is 18.5. The lowest BCUT2D eigenvalue weighted by atomic mass is 9.90. The van der Waals surface area contributed by atoms with Crippen molar-refractivity contribution in [2.24, 2.45) is 4.99 Å². The van der Waals surface area contributed by atoms with Gasteiger partial charge in [0.2, 0.25) is 5.88 Å². The second kappa shape index (κ2) is 7.64. The summed E-state index contributed by atoms with van der Waals surface area (Å²) >= 11 is 0. The molecule has 1 aliphatic rings. The van der Waals surface area contributed by atoms with E-state index in [0.717, 1.165) is 29.3 Å². The monoisotopic (exact) mass is 354 g/mol. The van der Waals surface area contributed by atoms with Crippen LogP contribution in [0, 0.1) is 0 Å². The van der Waals surface area contributed by atoms with Crippen molar-refractivity contribution in [3.05, 3.63) is 53.7 Å². The highest BCUT2D eigenvalue weighted by Gasteiger charge is 2.33. The van der Waals surface area contributed by atoms with Gasteiger partial charge < -0.3 is 20.1 Å². The number of nitrogens with zero attached hydrogens (tertiary/aromatic N) is 2. The first-order valence-corrected chi connectivity index (χ1v) is 8.75. The highest BCUT2D eigenvalue weighted by molar-refractivity contribution is 5.80. The van der Waals surface area contributed by atoms with Crippen LogP contribution < -0.4 is 20.1 Å². The predicted octanol–water partition coefficient (Wildman–Crippen LogP) is 3.06. The number of pyridine rings is 1. The fourth-order valence-electron chi connectivity index (χ4n) is 3.21. The van der Waals surface area contributed by atoms with Crippen LogP contribution in [0.1, 0.15) is 37.4 Å². The van der Waals surface area contributed by atoms with Gasteiger partial charge in [-0.2, -0.15) is 0 Å². The molecule has 0 radical (unpaired) electrons. The number of ether oxygens (including phenoxy) is 2. The Morgan fingerprint density at radius 2 is 2.12 bits per heavy atom. The summed E-state index contributed by atoms with van der Waals surface area (Å²) in [7, 11) is 3.39. The Morgan fingerprint density at radius 1 is 1.31 bits per heavy atom. The molecule has 0 saturated heterocycles. The maximum absolute atomic E-state index is 6.10. The molecule has 26 heavy (non-hydrogen) atoms. The second-order valence-corrected chi connectivity index (χ2v) is 6.90. The minimum atomic E-state index is -0.239. The summed E-state index contributed by atoms with van der Waals surface area (Å²) in [4.78, 5) is 8.59. The van der Waals surface area contributed by atoms with Crippen molar-refractivity contribution in [1.29, 1.82) is 0 Å².